The molecule has 2 saturated heterocycles. The Bertz CT molecular complexity index is 999. The van der Waals surface area contributed by atoms with Crippen LogP contribution < -0.4 is 10.6 Å². The number of carbonyl (C=O) groups is 2. The summed E-state index contributed by atoms with van der Waals surface area (Å²) >= 11 is 0. The molecule has 1 unspecified atom stereocenters. The number of nitrogens with two attached hydrogens (primary N) is 1. The zero-order valence-electron chi connectivity index (χ0n) is 17.9. The molecule has 2 aromatic carbocycles. The second-order valence-electron chi connectivity index (χ2n) is 8.20. The highest BCUT2D eigenvalue weighted by atomic mass is 16.6. The molecule has 0 aliphatic carbocycles. The molecule has 0 saturated carbocycles. The largest absolute Gasteiger partial charge is 0.369 e. The molecule has 2 heterocycles. The van der Waals surface area contributed by atoms with Crippen LogP contribution in [0.2, 0.25) is 0 Å². The number of primary amides is 1. The molecule has 1 atom stereocenters. The molecule has 9 heteroatoms. The first-order valence-corrected chi connectivity index (χ1v) is 10.9. The summed E-state index contributed by atoms with van der Waals surface area (Å²) in [6.45, 7) is 3.71. The summed E-state index contributed by atoms with van der Waals surface area (Å²) in [7, 11) is 0. The van der Waals surface area contributed by atoms with E-state index in [2.05, 4.69) is 9.80 Å². The van der Waals surface area contributed by atoms with Crippen molar-refractivity contribution in [2.45, 2.75) is 18.9 Å². The number of amides is 2. The maximum Gasteiger partial charge on any atom is 0.282 e. The van der Waals surface area contributed by atoms with Gasteiger partial charge < -0.3 is 15.5 Å². The molecule has 32 heavy (non-hydrogen) atoms. The maximum atomic E-state index is 12.9. The monoisotopic (exact) mass is 437 g/mol. The average Bonchev–Trinajstić information content (AvgIpc) is 3.34. The van der Waals surface area contributed by atoms with Crippen molar-refractivity contribution in [3.8, 4) is 0 Å². The number of anilines is 1. The zero-order valence-corrected chi connectivity index (χ0v) is 17.9. The molecule has 2 aliphatic heterocycles. The lowest BCUT2D eigenvalue weighted by atomic mass is 10.0. The Kier molecular flexibility index (Phi) is 6.36. The van der Waals surface area contributed by atoms with Crippen LogP contribution in [0.4, 0.5) is 11.4 Å². The molecule has 168 valence electrons. The molecule has 0 bridgehead atoms. The van der Waals surface area contributed by atoms with E-state index in [1.807, 2.05) is 30.3 Å². The summed E-state index contributed by atoms with van der Waals surface area (Å²) in [5, 5.41) is 11.5. The fourth-order valence-electron chi connectivity index (χ4n) is 4.57. The minimum Gasteiger partial charge on any atom is -0.369 e. The van der Waals surface area contributed by atoms with Crippen molar-refractivity contribution >= 4 is 23.2 Å². The highest BCUT2D eigenvalue weighted by molar-refractivity contribution is 5.99. The van der Waals surface area contributed by atoms with Crippen LogP contribution in [0.5, 0.6) is 0 Å². The quantitative estimate of drug-likeness (QED) is 0.547. The van der Waals surface area contributed by atoms with Crippen LogP contribution in [0, 0.1) is 10.1 Å². The predicted octanol–water partition coefficient (Wildman–Crippen LogP) is 2.18. The molecule has 0 radical (unpaired) electrons. The van der Waals surface area contributed by atoms with Gasteiger partial charge >= 0.3 is 0 Å². The Hall–Kier alpha value is -3.46. The minimum absolute atomic E-state index is 0.135. The number of hydrogen-bond donors (Lipinski definition) is 1. The summed E-state index contributed by atoms with van der Waals surface area (Å²) in [4.78, 5) is 41.9. The topological polar surface area (TPSA) is 113 Å². The number of nitrogens with zero attached hydrogens (tertiary/aromatic N) is 4. The lowest BCUT2D eigenvalue weighted by Crippen LogP contribution is -2.50. The lowest BCUT2D eigenvalue weighted by Gasteiger charge is -2.39. The van der Waals surface area contributed by atoms with Crippen LogP contribution in [0.3, 0.4) is 0 Å². The fraction of sp³-hybridized carbons (Fsp3) is 0.391. The first kappa shape index (κ1) is 21.8. The summed E-state index contributed by atoms with van der Waals surface area (Å²) in [5.74, 6) is -0.675. The van der Waals surface area contributed by atoms with Gasteiger partial charge in [-0.15, -0.1) is 0 Å². The van der Waals surface area contributed by atoms with Crippen molar-refractivity contribution in [1.82, 2.24) is 9.80 Å². The standard InChI is InChI=1S/C23H27N5O4/c24-22(29)21(17-6-2-1-3-7-17)26-14-12-25(13-15-26)18-8-9-20(28(31)32)19(16-18)23(30)27-10-4-5-11-27/h1-3,6-9,16,21H,4-5,10-15H2,(H2,24,29). The number of hydrogen-bond acceptors (Lipinski definition) is 6. The Morgan fingerprint density at radius 2 is 1.59 bits per heavy atom. The van der Waals surface area contributed by atoms with Crippen molar-refractivity contribution in [1.29, 1.82) is 0 Å². The molecule has 2 aliphatic rings. The lowest BCUT2D eigenvalue weighted by molar-refractivity contribution is -0.385. The fourth-order valence-corrected chi connectivity index (χ4v) is 4.57. The summed E-state index contributed by atoms with van der Waals surface area (Å²) < 4.78 is 0. The molecular weight excluding hydrogens is 410 g/mol. The smallest absolute Gasteiger partial charge is 0.282 e. The number of rotatable bonds is 6. The van der Waals surface area contributed by atoms with E-state index in [-0.39, 0.29) is 17.2 Å². The van der Waals surface area contributed by atoms with E-state index in [0.717, 1.165) is 24.1 Å². The first-order valence-electron chi connectivity index (χ1n) is 10.9. The molecule has 4 rings (SSSR count). The van der Waals surface area contributed by atoms with Crippen molar-refractivity contribution in [3.63, 3.8) is 0 Å². The van der Waals surface area contributed by atoms with Gasteiger partial charge in [-0.1, -0.05) is 30.3 Å². The SMILES string of the molecule is NC(=O)C(c1ccccc1)N1CCN(c2ccc([N+](=O)[O-])c(C(=O)N3CCCC3)c2)CC1. The number of nitro groups is 1. The van der Waals surface area contributed by atoms with E-state index in [4.69, 9.17) is 5.73 Å². The number of likely N-dealkylation sites (tertiary alicyclic amines) is 1. The van der Waals surface area contributed by atoms with Crippen LogP contribution >= 0.6 is 0 Å². The zero-order chi connectivity index (χ0) is 22.7. The molecule has 2 fully saturated rings. The Morgan fingerprint density at radius 3 is 2.19 bits per heavy atom. The highest BCUT2D eigenvalue weighted by Gasteiger charge is 2.31. The predicted molar refractivity (Wildman–Crippen MR) is 120 cm³/mol. The third-order valence-electron chi connectivity index (χ3n) is 6.23. The molecule has 9 nitrogen and oxygen atoms in total. The number of nitro benzene ring substituents is 1. The third-order valence-corrected chi connectivity index (χ3v) is 6.23. The van der Waals surface area contributed by atoms with Gasteiger partial charge in [0.1, 0.15) is 11.6 Å². The summed E-state index contributed by atoms with van der Waals surface area (Å²) in [6, 6.07) is 13.7. The van der Waals surface area contributed by atoms with Gasteiger partial charge in [-0.05, 0) is 30.5 Å². The van der Waals surface area contributed by atoms with Crippen molar-refractivity contribution in [2.75, 3.05) is 44.2 Å². The van der Waals surface area contributed by atoms with Gasteiger partial charge in [0, 0.05) is 51.0 Å². The van der Waals surface area contributed by atoms with Crippen LogP contribution in [-0.2, 0) is 4.79 Å². The van der Waals surface area contributed by atoms with Gasteiger partial charge in [0.05, 0.1) is 4.92 Å². The second-order valence-corrected chi connectivity index (χ2v) is 8.20. The van der Waals surface area contributed by atoms with E-state index < -0.39 is 16.9 Å². The molecular formula is C23H27N5O4. The summed E-state index contributed by atoms with van der Waals surface area (Å²) in [5.41, 5.74) is 7.31. The second kappa shape index (κ2) is 9.35. The Labute approximate surface area is 186 Å². The molecule has 0 spiro atoms. The summed E-state index contributed by atoms with van der Waals surface area (Å²) in [6.07, 6.45) is 1.84. The average molecular weight is 438 g/mol. The van der Waals surface area contributed by atoms with Crippen LogP contribution in [0.15, 0.2) is 48.5 Å². The number of piperazine rings is 1. The Morgan fingerprint density at radius 1 is 0.938 bits per heavy atom. The van der Waals surface area contributed by atoms with Gasteiger partial charge in [0.25, 0.3) is 11.6 Å². The van der Waals surface area contributed by atoms with Gasteiger partial charge in [-0.3, -0.25) is 24.6 Å². The van der Waals surface area contributed by atoms with E-state index in [1.165, 1.54) is 6.07 Å². The van der Waals surface area contributed by atoms with E-state index in [0.29, 0.717) is 39.3 Å². The molecule has 2 amide bonds. The van der Waals surface area contributed by atoms with Gasteiger partial charge in [-0.25, -0.2) is 0 Å². The van der Waals surface area contributed by atoms with Crippen LogP contribution in [-0.4, -0.2) is 65.8 Å². The molecule has 0 aromatic heterocycles. The van der Waals surface area contributed by atoms with Crippen molar-refractivity contribution < 1.29 is 14.5 Å². The van der Waals surface area contributed by atoms with E-state index in [1.54, 1.807) is 17.0 Å². The Balaban J connectivity index is 1.52. The highest BCUT2D eigenvalue weighted by Crippen LogP contribution is 2.29. The third kappa shape index (κ3) is 4.43. The van der Waals surface area contributed by atoms with Crippen molar-refractivity contribution in [3.05, 3.63) is 69.8 Å². The van der Waals surface area contributed by atoms with E-state index in [9.17, 15) is 19.7 Å². The van der Waals surface area contributed by atoms with Gasteiger partial charge in [-0.2, -0.15) is 0 Å². The van der Waals surface area contributed by atoms with Gasteiger partial charge in [0.15, 0.2) is 0 Å². The maximum absolute atomic E-state index is 12.9. The normalized spacial score (nSPS) is 17.9. The van der Waals surface area contributed by atoms with Crippen LogP contribution in [0.25, 0.3) is 0 Å². The minimum atomic E-state index is -0.498. The van der Waals surface area contributed by atoms with Crippen molar-refractivity contribution in [2.24, 2.45) is 5.73 Å². The molecule has 2 N–H and O–H groups in total. The first-order chi connectivity index (χ1) is 15.5. The molecule has 2 aromatic rings. The van der Waals surface area contributed by atoms with Crippen LogP contribution in [0.1, 0.15) is 34.8 Å². The number of carbonyl (C=O) groups excluding carboxylic acids is 2. The number of benzene rings is 2. The van der Waals surface area contributed by atoms with Gasteiger partial charge in [0.2, 0.25) is 5.91 Å². The van der Waals surface area contributed by atoms with E-state index >= 15 is 0 Å².